The molecule has 0 saturated heterocycles. The highest BCUT2D eigenvalue weighted by atomic mass is 16.2. The highest BCUT2D eigenvalue weighted by Gasteiger charge is 2.39. The van der Waals surface area contributed by atoms with E-state index in [4.69, 9.17) is 5.73 Å². The Labute approximate surface area is 92.4 Å². The van der Waals surface area contributed by atoms with Gasteiger partial charge in [0.2, 0.25) is 5.91 Å². The van der Waals surface area contributed by atoms with E-state index in [1.807, 2.05) is 13.8 Å². The van der Waals surface area contributed by atoms with Crippen molar-refractivity contribution >= 4 is 11.7 Å². The molecule has 0 spiro atoms. The summed E-state index contributed by atoms with van der Waals surface area (Å²) in [7, 11) is 0. The molecule has 88 valence electrons. The van der Waals surface area contributed by atoms with Gasteiger partial charge in [-0.15, -0.1) is 0 Å². The molecule has 2 N–H and O–H groups in total. The van der Waals surface area contributed by atoms with E-state index in [0.717, 1.165) is 19.3 Å². The van der Waals surface area contributed by atoms with Crippen LogP contribution in [0.1, 0.15) is 59.3 Å². The standard InChI is InChI=1S/C12H23NO2/c1-4-7-8-9-10(14)12(5-2,6-3)11(13)15/h4-9H2,1-3H3,(H2,13,15). The fourth-order valence-electron chi connectivity index (χ4n) is 1.91. The highest BCUT2D eigenvalue weighted by molar-refractivity contribution is 6.05. The molecule has 1 amide bonds. The smallest absolute Gasteiger partial charge is 0.231 e. The molecule has 0 rings (SSSR count). The molecule has 0 bridgehead atoms. The van der Waals surface area contributed by atoms with Crippen LogP contribution in [0.15, 0.2) is 0 Å². The van der Waals surface area contributed by atoms with Crippen LogP contribution < -0.4 is 5.73 Å². The lowest BCUT2D eigenvalue weighted by Crippen LogP contribution is -2.43. The van der Waals surface area contributed by atoms with Crippen LogP contribution in [0, 0.1) is 5.41 Å². The average molecular weight is 213 g/mol. The number of hydrogen-bond donors (Lipinski definition) is 1. The number of ketones is 1. The van der Waals surface area contributed by atoms with Crippen LogP contribution in [0.5, 0.6) is 0 Å². The van der Waals surface area contributed by atoms with Crippen LogP contribution >= 0.6 is 0 Å². The van der Waals surface area contributed by atoms with Gasteiger partial charge in [0.05, 0.1) is 0 Å². The second-order valence-corrected chi connectivity index (χ2v) is 4.03. The van der Waals surface area contributed by atoms with Gasteiger partial charge in [0.1, 0.15) is 11.2 Å². The van der Waals surface area contributed by atoms with Gasteiger partial charge in [-0.2, -0.15) is 0 Å². The van der Waals surface area contributed by atoms with Crippen molar-refractivity contribution in [2.45, 2.75) is 59.3 Å². The molecule has 0 radical (unpaired) electrons. The molecular weight excluding hydrogens is 190 g/mol. The molecule has 0 unspecified atom stereocenters. The first-order valence-corrected chi connectivity index (χ1v) is 5.88. The number of carbonyl (C=O) groups is 2. The molecule has 0 aliphatic carbocycles. The molecule has 0 fully saturated rings. The van der Waals surface area contributed by atoms with E-state index in [0.29, 0.717) is 19.3 Å². The molecule has 0 atom stereocenters. The zero-order chi connectivity index (χ0) is 11.9. The van der Waals surface area contributed by atoms with Crippen LogP contribution in [0.4, 0.5) is 0 Å². The van der Waals surface area contributed by atoms with Gasteiger partial charge in [0.15, 0.2) is 0 Å². The molecule has 0 aromatic heterocycles. The van der Waals surface area contributed by atoms with E-state index in [1.165, 1.54) is 0 Å². The summed E-state index contributed by atoms with van der Waals surface area (Å²) >= 11 is 0. The van der Waals surface area contributed by atoms with Crippen molar-refractivity contribution in [1.82, 2.24) is 0 Å². The van der Waals surface area contributed by atoms with E-state index >= 15 is 0 Å². The summed E-state index contributed by atoms with van der Waals surface area (Å²) in [5, 5.41) is 0. The number of unbranched alkanes of at least 4 members (excludes halogenated alkanes) is 2. The Hall–Kier alpha value is -0.860. The molecule has 15 heavy (non-hydrogen) atoms. The normalized spacial score (nSPS) is 11.4. The Morgan fingerprint density at radius 3 is 1.93 bits per heavy atom. The number of Topliss-reactive ketones (excluding diaryl/α,β-unsaturated/α-hetero) is 1. The first-order valence-electron chi connectivity index (χ1n) is 5.88. The molecule has 0 aliphatic heterocycles. The molecule has 3 heteroatoms. The Bertz CT molecular complexity index is 220. The minimum atomic E-state index is -0.909. The van der Waals surface area contributed by atoms with Crippen molar-refractivity contribution < 1.29 is 9.59 Å². The van der Waals surface area contributed by atoms with Crippen LogP contribution in [-0.2, 0) is 9.59 Å². The Morgan fingerprint density at radius 2 is 1.60 bits per heavy atom. The third-order valence-electron chi connectivity index (χ3n) is 3.22. The fraction of sp³-hybridized carbons (Fsp3) is 0.833. The van der Waals surface area contributed by atoms with Gasteiger partial charge in [-0.05, 0) is 19.3 Å². The maximum absolute atomic E-state index is 11.9. The predicted molar refractivity (Wildman–Crippen MR) is 61.4 cm³/mol. The number of carbonyl (C=O) groups excluding carboxylic acids is 2. The Morgan fingerprint density at radius 1 is 1.07 bits per heavy atom. The second kappa shape index (κ2) is 6.59. The lowest BCUT2D eigenvalue weighted by molar-refractivity contribution is -0.141. The summed E-state index contributed by atoms with van der Waals surface area (Å²) in [4.78, 5) is 23.3. The van der Waals surface area contributed by atoms with Gasteiger partial charge in [0.25, 0.3) is 0 Å². The molecule has 3 nitrogen and oxygen atoms in total. The zero-order valence-corrected chi connectivity index (χ0v) is 10.1. The molecule has 0 aromatic carbocycles. The fourth-order valence-corrected chi connectivity index (χ4v) is 1.91. The monoisotopic (exact) mass is 213 g/mol. The van der Waals surface area contributed by atoms with Crippen LogP contribution in [0.25, 0.3) is 0 Å². The molecular formula is C12H23NO2. The average Bonchev–Trinajstić information content (AvgIpc) is 2.20. The molecule has 0 heterocycles. The minimum absolute atomic E-state index is 0.0217. The number of rotatable bonds is 8. The lowest BCUT2D eigenvalue weighted by Gasteiger charge is -2.26. The van der Waals surface area contributed by atoms with Gasteiger partial charge in [-0.25, -0.2) is 0 Å². The van der Waals surface area contributed by atoms with Gasteiger partial charge in [-0.3, -0.25) is 9.59 Å². The lowest BCUT2D eigenvalue weighted by atomic mass is 9.76. The summed E-state index contributed by atoms with van der Waals surface area (Å²) in [6.07, 6.45) is 4.50. The Kier molecular flexibility index (Phi) is 6.21. The van der Waals surface area contributed by atoms with Gasteiger partial charge in [0, 0.05) is 6.42 Å². The van der Waals surface area contributed by atoms with Gasteiger partial charge >= 0.3 is 0 Å². The first-order chi connectivity index (χ1) is 7.05. The maximum Gasteiger partial charge on any atom is 0.231 e. The van der Waals surface area contributed by atoms with E-state index in [-0.39, 0.29) is 5.78 Å². The van der Waals surface area contributed by atoms with E-state index in [2.05, 4.69) is 6.92 Å². The van der Waals surface area contributed by atoms with Crippen LogP contribution in [-0.4, -0.2) is 11.7 Å². The summed E-state index contributed by atoms with van der Waals surface area (Å²) in [6, 6.07) is 0. The van der Waals surface area contributed by atoms with E-state index in [9.17, 15) is 9.59 Å². The predicted octanol–water partition coefficient (Wildman–Crippen LogP) is 2.43. The largest absolute Gasteiger partial charge is 0.369 e. The molecule has 0 aliphatic rings. The summed E-state index contributed by atoms with van der Waals surface area (Å²) < 4.78 is 0. The first kappa shape index (κ1) is 14.1. The number of amides is 1. The quantitative estimate of drug-likeness (QED) is 0.497. The third-order valence-corrected chi connectivity index (χ3v) is 3.22. The topological polar surface area (TPSA) is 60.2 Å². The Balaban J connectivity index is 4.49. The second-order valence-electron chi connectivity index (χ2n) is 4.03. The minimum Gasteiger partial charge on any atom is -0.369 e. The van der Waals surface area contributed by atoms with Crippen LogP contribution in [0.3, 0.4) is 0 Å². The highest BCUT2D eigenvalue weighted by Crippen LogP contribution is 2.29. The summed E-state index contributed by atoms with van der Waals surface area (Å²) in [6.45, 7) is 5.80. The molecule has 0 aromatic rings. The summed E-state index contributed by atoms with van der Waals surface area (Å²) in [5.74, 6) is -0.442. The number of hydrogen-bond acceptors (Lipinski definition) is 2. The maximum atomic E-state index is 11.9. The van der Waals surface area contributed by atoms with Crippen molar-refractivity contribution in [2.75, 3.05) is 0 Å². The van der Waals surface area contributed by atoms with Gasteiger partial charge in [-0.1, -0.05) is 33.6 Å². The van der Waals surface area contributed by atoms with Crippen molar-refractivity contribution in [1.29, 1.82) is 0 Å². The van der Waals surface area contributed by atoms with Crippen molar-refractivity contribution in [2.24, 2.45) is 11.1 Å². The van der Waals surface area contributed by atoms with Gasteiger partial charge < -0.3 is 5.73 Å². The van der Waals surface area contributed by atoms with E-state index < -0.39 is 11.3 Å². The third kappa shape index (κ3) is 3.33. The molecule has 0 saturated carbocycles. The zero-order valence-electron chi connectivity index (χ0n) is 10.1. The SMILES string of the molecule is CCCCCC(=O)C(CC)(CC)C(N)=O. The number of primary amides is 1. The van der Waals surface area contributed by atoms with Crippen LogP contribution in [0.2, 0.25) is 0 Å². The van der Waals surface area contributed by atoms with Crippen molar-refractivity contribution in [3.05, 3.63) is 0 Å². The van der Waals surface area contributed by atoms with E-state index in [1.54, 1.807) is 0 Å². The van der Waals surface area contributed by atoms with Crippen molar-refractivity contribution in [3.63, 3.8) is 0 Å². The number of nitrogens with two attached hydrogens (primary N) is 1. The van der Waals surface area contributed by atoms with Crippen molar-refractivity contribution in [3.8, 4) is 0 Å². The summed E-state index contributed by atoms with van der Waals surface area (Å²) in [5.41, 5.74) is 4.43.